The number of amides is 1. The number of hydrogen-bond acceptors (Lipinski definition) is 3. The summed E-state index contributed by atoms with van der Waals surface area (Å²) >= 11 is 7.88. The Balaban J connectivity index is 2.15. The topological polar surface area (TPSA) is 46.3 Å². The Morgan fingerprint density at radius 2 is 2.11 bits per heavy atom. The molecule has 1 fully saturated rings. The Morgan fingerprint density at radius 3 is 2.79 bits per heavy atom. The first kappa shape index (κ1) is 14.5. The average Bonchev–Trinajstić information content (AvgIpc) is 2.48. The van der Waals surface area contributed by atoms with E-state index in [0.29, 0.717) is 16.3 Å². The normalized spacial score (nSPS) is 19.0. The number of nitrogens with zero attached hydrogens (tertiary/aromatic N) is 1. The van der Waals surface area contributed by atoms with Gasteiger partial charge in [-0.2, -0.15) is 11.8 Å². The molecule has 0 atom stereocenters. The smallest absolute Gasteiger partial charge is 0.254 e. The highest BCUT2D eigenvalue weighted by molar-refractivity contribution is 8.00. The zero-order valence-corrected chi connectivity index (χ0v) is 12.9. The largest absolute Gasteiger partial charge is 0.399 e. The standard InChI is InChI=1S/C14H19ClN2OS/c1-14(2)3-4-17(5-6-19-14)13(18)10-7-11(15)9-12(16)8-10/h7-9H,3-6,16H2,1-2H3. The molecule has 1 aliphatic heterocycles. The summed E-state index contributed by atoms with van der Waals surface area (Å²) in [5.41, 5.74) is 6.85. The van der Waals surface area contributed by atoms with Gasteiger partial charge in [0.2, 0.25) is 0 Å². The Labute approximate surface area is 123 Å². The minimum absolute atomic E-state index is 0.0208. The van der Waals surface area contributed by atoms with Crippen molar-refractivity contribution in [1.29, 1.82) is 0 Å². The van der Waals surface area contributed by atoms with E-state index in [9.17, 15) is 4.79 Å². The van der Waals surface area contributed by atoms with E-state index in [4.69, 9.17) is 17.3 Å². The molecular weight excluding hydrogens is 280 g/mol. The Bertz CT molecular complexity index is 470. The van der Waals surface area contributed by atoms with Gasteiger partial charge in [-0.1, -0.05) is 25.4 Å². The molecule has 5 heteroatoms. The van der Waals surface area contributed by atoms with Gasteiger partial charge in [0.05, 0.1) is 0 Å². The predicted octanol–water partition coefficient (Wildman–Crippen LogP) is 3.28. The molecule has 0 aromatic heterocycles. The monoisotopic (exact) mass is 298 g/mol. The molecule has 1 saturated heterocycles. The molecule has 1 heterocycles. The molecule has 2 rings (SSSR count). The van der Waals surface area contributed by atoms with Crippen LogP contribution in [-0.4, -0.2) is 34.4 Å². The lowest BCUT2D eigenvalue weighted by Crippen LogP contribution is -2.33. The van der Waals surface area contributed by atoms with Crippen LogP contribution in [-0.2, 0) is 0 Å². The third-order valence-electron chi connectivity index (χ3n) is 3.29. The molecule has 1 aromatic rings. The van der Waals surface area contributed by atoms with Crippen LogP contribution in [0, 0.1) is 0 Å². The molecule has 0 spiro atoms. The van der Waals surface area contributed by atoms with E-state index in [1.54, 1.807) is 18.2 Å². The van der Waals surface area contributed by atoms with Gasteiger partial charge >= 0.3 is 0 Å². The first-order valence-electron chi connectivity index (χ1n) is 6.37. The van der Waals surface area contributed by atoms with Crippen molar-refractivity contribution in [2.24, 2.45) is 0 Å². The maximum Gasteiger partial charge on any atom is 0.254 e. The number of carbonyl (C=O) groups excluding carboxylic acids is 1. The molecule has 1 aromatic carbocycles. The maximum absolute atomic E-state index is 12.5. The van der Waals surface area contributed by atoms with Gasteiger partial charge in [0, 0.05) is 39.9 Å². The summed E-state index contributed by atoms with van der Waals surface area (Å²) in [6, 6.07) is 5.03. The molecule has 19 heavy (non-hydrogen) atoms. The first-order chi connectivity index (χ1) is 8.87. The molecule has 1 amide bonds. The second kappa shape index (κ2) is 5.63. The van der Waals surface area contributed by atoms with Gasteiger partial charge in [-0.05, 0) is 24.6 Å². The highest BCUT2D eigenvalue weighted by Crippen LogP contribution is 2.31. The second-order valence-electron chi connectivity index (χ2n) is 5.42. The fourth-order valence-electron chi connectivity index (χ4n) is 2.14. The van der Waals surface area contributed by atoms with Crippen molar-refractivity contribution >= 4 is 35.0 Å². The van der Waals surface area contributed by atoms with Gasteiger partial charge < -0.3 is 10.6 Å². The number of carbonyl (C=O) groups is 1. The second-order valence-corrected chi connectivity index (χ2v) is 7.66. The summed E-state index contributed by atoms with van der Waals surface area (Å²) in [6.07, 6.45) is 0.999. The molecule has 0 radical (unpaired) electrons. The molecule has 104 valence electrons. The van der Waals surface area contributed by atoms with Crippen LogP contribution >= 0.6 is 23.4 Å². The van der Waals surface area contributed by atoms with Gasteiger partial charge in [0.15, 0.2) is 0 Å². The molecule has 3 nitrogen and oxygen atoms in total. The number of benzene rings is 1. The van der Waals surface area contributed by atoms with Crippen LogP contribution in [0.1, 0.15) is 30.6 Å². The quantitative estimate of drug-likeness (QED) is 0.809. The van der Waals surface area contributed by atoms with Gasteiger partial charge in [-0.15, -0.1) is 0 Å². The number of halogens is 1. The number of rotatable bonds is 1. The molecular formula is C14H19ClN2OS. The van der Waals surface area contributed by atoms with Crippen molar-refractivity contribution in [3.8, 4) is 0 Å². The Kier molecular flexibility index (Phi) is 4.31. The fourth-order valence-corrected chi connectivity index (χ4v) is 3.49. The summed E-state index contributed by atoms with van der Waals surface area (Å²) in [4.78, 5) is 14.4. The summed E-state index contributed by atoms with van der Waals surface area (Å²) in [5.74, 6) is 0.988. The number of nitrogens with two attached hydrogens (primary N) is 1. The first-order valence-corrected chi connectivity index (χ1v) is 7.73. The van der Waals surface area contributed by atoms with Gasteiger partial charge in [0.25, 0.3) is 5.91 Å². The van der Waals surface area contributed by atoms with Gasteiger partial charge in [-0.25, -0.2) is 0 Å². The molecule has 0 aliphatic carbocycles. The van der Waals surface area contributed by atoms with Crippen LogP contribution in [0.15, 0.2) is 18.2 Å². The van der Waals surface area contributed by atoms with E-state index in [1.807, 2.05) is 16.7 Å². The SMILES string of the molecule is CC1(C)CCN(C(=O)c2cc(N)cc(Cl)c2)CCS1. The van der Waals surface area contributed by atoms with E-state index in [1.165, 1.54) is 0 Å². The Hall–Kier alpha value is -0.870. The van der Waals surface area contributed by atoms with Crippen molar-refractivity contribution < 1.29 is 4.79 Å². The van der Waals surface area contributed by atoms with E-state index in [0.717, 1.165) is 25.3 Å². The number of anilines is 1. The molecule has 0 saturated carbocycles. The number of hydrogen-bond donors (Lipinski definition) is 1. The zero-order valence-electron chi connectivity index (χ0n) is 11.3. The number of nitrogen functional groups attached to an aromatic ring is 1. The van der Waals surface area contributed by atoms with Crippen LogP contribution in [0.25, 0.3) is 0 Å². The minimum Gasteiger partial charge on any atom is -0.399 e. The molecule has 0 unspecified atom stereocenters. The van der Waals surface area contributed by atoms with Crippen molar-refractivity contribution in [2.75, 3.05) is 24.6 Å². The average molecular weight is 299 g/mol. The van der Waals surface area contributed by atoms with E-state index >= 15 is 0 Å². The summed E-state index contributed by atoms with van der Waals surface area (Å²) in [7, 11) is 0. The summed E-state index contributed by atoms with van der Waals surface area (Å²) < 4.78 is 0.238. The molecule has 2 N–H and O–H groups in total. The lowest BCUT2D eigenvalue weighted by Gasteiger charge is -2.23. The van der Waals surface area contributed by atoms with Crippen LogP contribution in [0.3, 0.4) is 0 Å². The van der Waals surface area contributed by atoms with E-state index in [2.05, 4.69) is 13.8 Å². The van der Waals surface area contributed by atoms with Gasteiger partial charge in [-0.3, -0.25) is 4.79 Å². The third-order valence-corrected chi connectivity index (χ3v) is 4.88. The summed E-state index contributed by atoms with van der Waals surface area (Å²) in [6.45, 7) is 6.01. The lowest BCUT2D eigenvalue weighted by atomic mass is 10.1. The zero-order chi connectivity index (χ0) is 14.0. The van der Waals surface area contributed by atoms with E-state index in [-0.39, 0.29) is 10.7 Å². The molecule has 0 bridgehead atoms. The van der Waals surface area contributed by atoms with Crippen LogP contribution < -0.4 is 5.73 Å². The van der Waals surface area contributed by atoms with Crippen molar-refractivity contribution in [3.63, 3.8) is 0 Å². The third kappa shape index (κ3) is 3.80. The maximum atomic E-state index is 12.5. The van der Waals surface area contributed by atoms with Crippen LogP contribution in [0.4, 0.5) is 5.69 Å². The minimum atomic E-state index is 0.0208. The fraction of sp³-hybridized carbons (Fsp3) is 0.500. The van der Waals surface area contributed by atoms with Crippen LogP contribution in [0.2, 0.25) is 5.02 Å². The predicted molar refractivity (Wildman–Crippen MR) is 82.9 cm³/mol. The van der Waals surface area contributed by atoms with Crippen LogP contribution in [0.5, 0.6) is 0 Å². The Morgan fingerprint density at radius 1 is 1.37 bits per heavy atom. The highest BCUT2D eigenvalue weighted by Gasteiger charge is 2.26. The van der Waals surface area contributed by atoms with Crippen molar-refractivity contribution in [1.82, 2.24) is 4.90 Å². The van der Waals surface area contributed by atoms with Gasteiger partial charge in [0.1, 0.15) is 0 Å². The lowest BCUT2D eigenvalue weighted by molar-refractivity contribution is 0.0764. The highest BCUT2D eigenvalue weighted by atomic mass is 35.5. The number of thioether (sulfide) groups is 1. The van der Waals surface area contributed by atoms with E-state index < -0.39 is 0 Å². The summed E-state index contributed by atoms with van der Waals surface area (Å²) in [5, 5.41) is 0.507. The van der Waals surface area contributed by atoms with Crippen molar-refractivity contribution in [2.45, 2.75) is 25.0 Å². The molecule has 1 aliphatic rings. The van der Waals surface area contributed by atoms with Crippen molar-refractivity contribution in [3.05, 3.63) is 28.8 Å².